The molecule has 0 spiro atoms. The van der Waals surface area contributed by atoms with E-state index in [0.717, 1.165) is 4.57 Å². The van der Waals surface area contributed by atoms with Crippen LogP contribution in [0.1, 0.15) is 24.6 Å². The van der Waals surface area contributed by atoms with Crippen molar-refractivity contribution in [1.82, 2.24) is 20.1 Å². The molecule has 15 heavy (non-hydrogen) atoms. The van der Waals surface area contributed by atoms with Crippen molar-refractivity contribution < 1.29 is 13.2 Å². The van der Waals surface area contributed by atoms with Crippen LogP contribution in [0.3, 0.4) is 0 Å². The van der Waals surface area contributed by atoms with Gasteiger partial charge in [-0.15, -0.1) is 22.6 Å². The molecule has 0 radical (unpaired) electrons. The maximum absolute atomic E-state index is 12.4. The van der Waals surface area contributed by atoms with Crippen molar-refractivity contribution >= 4 is 12.4 Å². The highest BCUT2D eigenvalue weighted by molar-refractivity contribution is 5.85. The van der Waals surface area contributed by atoms with Gasteiger partial charge < -0.3 is 9.88 Å². The van der Waals surface area contributed by atoms with E-state index in [9.17, 15) is 13.2 Å². The first-order valence-electron chi connectivity index (χ1n) is 4.24. The highest BCUT2D eigenvalue weighted by atomic mass is 35.5. The molecule has 1 N–H and O–H groups in total. The van der Waals surface area contributed by atoms with E-state index in [-0.39, 0.29) is 25.0 Å². The number of halogens is 4. The first-order valence-corrected chi connectivity index (χ1v) is 4.24. The van der Waals surface area contributed by atoms with Gasteiger partial charge in [-0.2, -0.15) is 13.2 Å². The van der Waals surface area contributed by atoms with Gasteiger partial charge >= 0.3 is 6.18 Å². The van der Waals surface area contributed by atoms with Gasteiger partial charge in [-0.25, -0.2) is 0 Å². The van der Waals surface area contributed by atoms with Gasteiger partial charge in [-0.05, 0) is 6.92 Å². The lowest BCUT2D eigenvalue weighted by Crippen LogP contribution is -2.33. The van der Waals surface area contributed by atoms with Crippen LogP contribution in [-0.4, -0.2) is 21.3 Å². The fraction of sp³-hybridized carbons (Fsp3) is 0.714. The molecular weight excluding hydrogens is 233 g/mol. The monoisotopic (exact) mass is 242 g/mol. The Morgan fingerprint density at radius 2 is 2.07 bits per heavy atom. The van der Waals surface area contributed by atoms with Crippen LogP contribution in [0.25, 0.3) is 0 Å². The summed E-state index contributed by atoms with van der Waals surface area (Å²) in [5, 5.41) is 9.71. The molecule has 2 heterocycles. The van der Waals surface area contributed by atoms with Crippen molar-refractivity contribution in [2.75, 3.05) is 6.54 Å². The van der Waals surface area contributed by atoms with Crippen LogP contribution >= 0.6 is 12.4 Å². The SMILES string of the molecule is CC1NCCn2c1nnc2C(F)(F)F.Cl. The number of fused-ring (bicyclic) bond motifs is 1. The van der Waals surface area contributed by atoms with Crippen LogP contribution in [0.4, 0.5) is 13.2 Å². The van der Waals surface area contributed by atoms with Gasteiger partial charge in [0.15, 0.2) is 0 Å². The Hall–Kier alpha value is -0.820. The molecule has 0 saturated heterocycles. The van der Waals surface area contributed by atoms with Crippen LogP contribution in [0, 0.1) is 0 Å². The minimum Gasteiger partial charge on any atom is -0.306 e. The highest BCUT2D eigenvalue weighted by Gasteiger charge is 2.39. The number of hydrogen-bond donors (Lipinski definition) is 1. The Morgan fingerprint density at radius 1 is 1.40 bits per heavy atom. The first-order chi connectivity index (χ1) is 6.50. The highest BCUT2D eigenvalue weighted by Crippen LogP contribution is 2.30. The van der Waals surface area contributed by atoms with Gasteiger partial charge in [0, 0.05) is 13.1 Å². The van der Waals surface area contributed by atoms with E-state index < -0.39 is 12.0 Å². The fourth-order valence-corrected chi connectivity index (χ4v) is 1.55. The van der Waals surface area contributed by atoms with Gasteiger partial charge in [0.1, 0.15) is 5.82 Å². The lowest BCUT2D eigenvalue weighted by molar-refractivity contribution is -0.147. The molecule has 0 amide bonds. The summed E-state index contributed by atoms with van der Waals surface area (Å²) in [6.07, 6.45) is -4.41. The average molecular weight is 243 g/mol. The summed E-state index contributed by atoms with van der Waals surface area (Å²) in [7, 11) is 0. The maximum atomic E-state index is 12.4. The third-order valence-corrected chi connectivity index (χ3v) is 2.21. The summed E-state index contributed by atoms with van der Waals surface area (Å²) in [6.45, 7) is 2.54. The molecule has 86 valence electrons. The van der Waals surface area contributed by atoms with Crippen LogP contribution in [0.5, 0.6) is 0 Å². The Morgan fingerprint density at radius 3 is 2.67 bits per heavy atom. The van der Waals surface area contributed by atoms with Crippen LogP contribution in [0.15, 0.2) is 0 Å². The van der Waals surface area contributed by atoms with Crippen molar-refractivity contribution in [1.29, 1.82) is 0 Å². The van der Waals surface area contributed by atoms with Gasteiger partial charge in [0.25, 0.3) is 0 Å². The minimum absolute atomic E-state index is 0. The van der Waals surface area contributed by atoms with Crippen molar-refractivity contribution in [3.05, 3.63) is 11.6 Å². The summed E-state index contributed by atoms with van der Waals surface area (Å²) in [4.78, 5) is 0. The van der Waals surface area contributed by atoms with E-state index in [2.05, 4.69) is 15.5 Å². The van der Waals surface area contributed by atoms with Crippen LogP contribution < -0.4 is 5.32 Å². The van der Waals surface area contributed by atoms with E-state index in [4.69, 9.17) is 0 Å². The van der Waals surface area contributed by atoms with E-state index in [1.165, 1.54) is 0 Å². The average Bonchev–Trinajstić information content (AvgIpc) is 2.47. The number of rotatable bonds is 0. The number of hydrogen-bond acceptors (Lipinski definition) is 3. The molecule has 1 unspecified atom stereocenters. The van der Waals surface area contributed by atoms with Crippen molar-refractivity contribution in [3.8, 4) is 0 Å². The third kappa shape index (κ3) is 2.07. The van der Waals surface area contributed by atoms with E-state index in [1.54, 1.807) is 6.92 Å². The molecule has 2 rings (SSSR count). The lowest BCUT2D eigenvalue weighted by Gasteiger charge is -2.22. The summed E-state index contributed by atoms with van der Waals surface area (Å²) in [5.41, 5.74) is 0. The molecule has 1 atom stereocenters. The molecule has 0 aliphatic carbocycles. The molecule has 0 fully saturated rings. The molecule has 1 aromatic rings. The number of nitrogens with zero attached hydrogens (tertiary/aromatic N) is 3. The second-order valence-corrected chi connectivity index (χ2v) is 3.21. The van der Waals surface area contributed by atoms with E-state index >= 15 is 0 Å². The summed E-state index contributed by atoms with van der Waals surface area (Å²) >= 11 is 0. The van der Waals surface area contributed by atoms with Gasteiger partial charge in [0.2, 0.25) is 5.82 Å². The molecule has 1 aliphatic heterocycles. The Balaban J connectivity index is 0.00000112. The van der Waals surface area contributed by atoms with E-state index in [1.807, 2.05) is 0 Å². The smallest absolute Gasteiger partial charge is 0.306 e. The lowest BCUT2D eigenvalue weighted by atomic mass is 10.2. The van der Waals surface area contributed by atoms with Crippen molar-refractivity contribution in [3.63, 3.8) is 0 Å². The summed E-state index contributed by atoms with van der Waals surface area (Å²) in [6, 6.07) is -0.174. The molecule has 0 bridgehead atoms. The zero-order valence-corrected chi connectivity index (χ0v) is 8.69. The standard InChI is InChI=1S/C7H9F3N4.ClH/c1-4-5-12-13-6(7(8,9)10)14(5)3-2-11-4;/h4,11H,2-3H2,1H3;1H. The first kappa shape index (κ1) is 12.3. The quantitative estimate of drug-likeness (QED) is 0.748. The van der Waals surface area contributed by atoms with Crippen molar-refractivity contribution in [2.24, 2.45) is 0 Å². The zero-order chi connectivity index (χ0) is 10.3. The summed E-state index contributed by atoms with van der Waals surface area (Å²) in [5.74, 6) is -0.551. The second kappa shape index (κ2) is 3.97. The molecule has 4 nitrogen and oxygen atoms in total. The normalized spacial score (nSPS) is 20.7. The van der Waals surface area contributed by atoms with E-state index in [0.29, 0.717) is 12.4 Å². The molecule has 8 heteroatoms. The second-order valence-electron chi connectivity index (χ2n) is 3.21. The van der Waals surface area contributed by atoms with Gasteiger partial charge in [-0.3, -0.25) is 0 Å². The topological polar surface area (TPSA) is 42.7 Å². The molecule has 1 aromatic heterocycles. The fourth-order valence-electron chi connectivity index (χ4n) is 1.55. The molecule has 0 saturated carbocycles. The Kier molecular flexibility index (Phi) is 3.25. The van der Waals surface area contributed by atoms with Crippen molar-refractivity contribution in [2.45, 2.75) is 25.7 Å². The number of aromatic nitrogens is 3. The Labute approximate surface area is 90.3 Å². The number of nitrogens with one attached hydrogen (secondary N) is 1. The Bertz CT molecular complexity index is 348. The predicted octanol–water partition coefficient (Wildman–Crippen LogP) is 1.38. The maximum Gasteiger partial charge on any atom is 0.451 e. The van der Waals surface area contributed by atoms with Crippen LogP contribution in [0.2, 0.25) is 0 Å². The molecule has 1 aliphatic rings. The third-order valence-electron chi connectivity index (χ3n) is 2.21. The minimum atomic E-state index is -4.41. The number of alkyl halides is 3. The largest absolute Gasteiger partial charge is 0.451 e. The molecular formula is C7H10ClF3N4. The van der Waals surface area contributed by atoms with Crippen LogP contribution in [-0.2, 0) is 12.7 Å². The van der Waals surface area contributed by atoms with Gasteiger partial charge in [-0.1, -0.05) is 0 Å². The predicted molar refractivity (Wildman–Crippen MR) is 48.7 cm³/mol. The summed E-state index contributed by atoms with van der Waals surface area (Å²) < 4.78 is 38.3. The zero-order valence-electron chi connectivity index (χ0n) is 7.88. The van der Waals surface area contributed by atoms with Gasteiger partial charge in [0.05, 0.1) is 6.04 Å². The molecule has 0 aromatic carbocycles.